The zero-order chi connectivity index (χ0) is 12.3. The number of imide groups is 1. The van der Waals surface area contributed by atoms with Gasteiger partial charge in [0.15, 0.2) is 0 Å². The Bertz CT molecular complexity index is 425. The summed E-state index contributed by atoms with van der Waals surface area (Å²) < 4.78 is 0. The largest absolute Gasteiger partial charge is 0.330 e. The number of hydrogen-bond acceptors (Lipinski definition) is 3. The van der Waals surface area contributed by atoms with E-state index in [1.807, 2.05) is 30.3 Å². The maximum Gasteiger partial charge on any atom is 0.325 e. The minimum Gasteiger partial charge on any atom is -0.330 e. The van der Waals surface area contributed by atoms with Gasteiger partial charge in [-0.15, -0.1) is 12.4 Å². The highest BCUT2D eigenvalue weighted by Gasteiger charge is 2.38. The Morgan fingerprint density at radius 1 is 1.22 bits per heavy atom. The molecule has 1 aromatic carbocycles. The van der Waals surface area contributed by atoms with Crippen LogP contribution in [0.5, 0.6) is 0 Å². The van der Waals surface area contributed by atoms with Gasteiger partial charge in [-0.2, -0.15) is 0 Å². The van der Waals surface area contributed by atoms with Gasteiger partial charge < -0.3 is 11.1 Å². The topological polar surface area (TPSA) is 75.4 Å². The average Bonchev–Trinajstić information content (AvgIpc) is 2.64. The molecule has 1 fully saturated rings. The fourth-order valence-corrected chi connectivity index (χ4v) is 1.85. The molecule has 0 aromatic heterocycles. The van der Waals surface area contributed by atoms with Crippen LogP contribution in [0.25, 0.3) is 0 Å². The zero-order valence-electron chi connectivity index (χ0n) is 9.83. The highest BCUT2D eigenvalue weighted by Crippen LogP contribution is 2.21. The summed E-state index contributed by atoms with van der Waals surface area (Å²) >= 11 is 0. The lowest BCUT2D eigenvalue weighted by Gasteiger charge is -2.12. The first-order valence-corrected chi connectivity index (χ1v) is 5.61. The highest BCUT2D eigenvalue weighted by atomic mass is 35.5. The van der Waals surface area contributed by atoms with Gasteiger partial charge in [-0.05, 0) is 18.5 Å². The molecule has 18 heavy (non-hydrogen) atoms. The summed E-state index contributed by atoms with van der Waals surface area (Å²) in [6.45, 7) is 0.845. The number of benzene rings is 1. The Morgan fingerprint density at radius 2 is 1.89 bits per heavy atom. The molecule has 3 N–H and O–H groups in total. The third-order valence-corrected chi connectivity index (χ3v) is 2.74. The minimum absolute atomic E-state index is 0. The summed E-state index contributed by atoms with van der Waals surface area (Å²) in [7, 11) is 0. The molecule has 1 unspecified atom stereocenters. The first-order valence-electron chi connectivity index (χ1n) is 5.61. The van der Waals surface area contributed by atoms with Crippen LogP contribution in [0.1, 0.15) is 18.0 Å². The third kappa shape index (κ3) is 2.80. The van der Waals surface area contributed by atoms with Crippen LogP contribution in [-0.2, 0) is 4.79 Å². The number of carbonyl (C=O) groups excluding carboxylic acids is 2. The lowest BCUT2D eigenvalue weighted by atomic mass is 10.1. The quantitative estimate of drug-likeness (QED) is 0.803. The van der Waals surface area contributed by atoms with E-state index in [1.54, 1.807) is 0 Å². The van der Waals surface area contributed by atoms with Crippen LogP contribution >= 0.6 is 12.4 Å². The normalized spacial score (nSPS) is 18.5. The van der Waals surface area contributed by atoms with Gasteiger partial charge in [0.2, 0.25) is 0 Å². The summed E-state index contributed by atoms with van der Waals surface area (Å²) in [4.78, 5) is 24.9. The maximum atomic E-state index is 12.0. The van der Waals surface area contributed by atoms with E-state index in [0.29, 0.717) is 19.5 Å². The van der Waals surface area contributed by atoms with Crippen LogP contribution in [0, 0.1) is 0 Å². The summed E-state index contributed by atoms with van der Waals surface area (Å²) in [6, 6.07) is 8.33. The van der Waals surface area contributed by atoms with Gasteiger partial charge in [0.1, 0.15) is 6.04 Å². The molecular weight excluding hydrogens is 254 g/mol. The monoisotopic (exact) mass is 269 g/mol. The molecule has 1 heterocycles. The molecule has 0 saturated carbocycles. The lowest BCUT2D eigenvalue weighted by Crippen LogP contribution is -2.32. The van der Waals surface area contributed by atoms with Crippen LogP contribution in [0.15, 0.2) is 30.3 Å². The van der Waals surface area contributed by atoms with Crippen molar-refractivity contribution in [3.63, 3.8) is 0 Å². The van der Waals surface area contributed by atoms with E-state index in [9.17, 15) is 9.59 Å². The molecule has 98 valence electrons. The van der Waals surface area contributed by atoms with E-state index in [-0.39, 0.29) is 24.3 Å². The first kappa shape index (κ1) is 14.5. The Hall–Kier alpha value is -1.59. The van der Waals surface area contributed by atoms with Crippen molar-refractivity contribution in [2.75, 3.05) is 13.1 Å². The number of urea groups is 1. The Balaban J connectivity index is 0.00000162. The predicted molar refractivity (Wildman–Crippen MR) is 70.3 cm³/mol. The molecule has 2 rings (SSSR count). The van der Waals surface area contributed by atoms with Crippen molar-refractivity contribution < 1.29 is 9.59 Å². The van der Waals surface area contributed by atoms with Gasteiger partial charge in [0.05, 0.1) is 0 Å². The van der Waals surface area contributed by atoms with E-state index in [2.05, 4.69) is 5.32 Å². The number of nitrogens with two attached hydrogens (primary N) is 1. The second-order valence-corrected chi connectivity index (χ2v) is 3.93. The second kappa shape index (κ2) is 6.37. The van der Waals surface area contributed by atoms with Crippen molar-refractivity contribution in [3.8, 4) is 0 Å². The van der Waals surface area contributed by atoms with Crippen molar-refractivity contribution in [2.24, 2.45) is 5.73 Å². The maximum absolute atomic E-state index is 12.0. The van der Waals surface area contributed by atoms with Crippen LogP contribution in [0.4, 0.5) is 4.79 Å². The number of halogens is 1. The second-order valence-electron chi connectivity index (χ2n) is 3.93. The summed E-state index contributed by atoms with van der Waals surface area (Å²) in [5.41, 5.74) is 6.18. The van der Waals surface area contributed by atoms with Crippen molar-refractivity contribution >= 4 is 24.3 Å². The fourth-order valence-electron chi connectivity index (χ4n) is 1.85. The average molecular weight is 270 g/mol. The van der Waals surface area contributed by atoms with Crippen LogP contribution in [0.2, 0.25) is 0 Å². The SMILES string of the molecule is Cl.NCCCN1C(=O)NC(c2ccccc2)C1=O. The number of rotatable bonds is 4. The van der Waals surface area contributed by atoms with E-state index < -0.39 is 6.04 Å². The lowest BCUT2D eigenvalue weighted by molar-refractivity contribution is -0.127. The van der Waals surface area contributed by atoms with E-state index in [0.717, 1.165) is 5.56 Å². The van der Waals surface area contributed by atoms with Gasteiger partial charge in [-0.3, -0.25) is 9.69 Å². The van der Waals surface area contributed by atoms with Gasteiger partial charge in [0, 0.05) is 6.54 Å². The minimum atomic E-state index is -0.554. The van der Waals surface area contributed by atoms with Crippen LogP contribution in [0.3, 0.4) is 0 Å². The molecule has 1 aromatic rings. The molecule has 0 aliphatic carbocycles. The van der Waals surface area contributed by atoms with Crippen LogP contribution in [-0.4, -0.2) is 29.9 Å². The molecule has 1 aliphatic rings. The molecule has 1 aliphatic heterocycles. The van der Waals surface area contributed by atoms with Gasteiger partial charge >= 0.3 is 6.03 Å². The van der Waals surface area contributed by atoms with Gasteiger partial charge in [-0.25, -0.2) is 4.79 Å². The first-order chi connectivity index (χ1) is 8.24. The van der Waals surface area contributed by atoms with Gasteiger partial charge in [-0.1, -0.05) is 30.3 Å². The van der Waals surface area contributed by atoms with Crippen molar-refractivity contribution in [1.29, 1.82) is 0 Å². The summed E-state index contributed by atoms with van der Waals surface area (Å²) in [5.74, 6) is -0.199. The molecule has 1 atom stereocenters. The zero-order valence-corrected chi connectivity index (χ0v) is 10.7. The molecular formula is C12H16ClN3O2. The van der Waals surface area contributed by atoms with E-state index in [1.165, 1.54) is 4.90 Å². The predicted octanol–water partition coefficient (Wildman–Crippen LogP) is 1.05. The third-order valence-electron chi connectivity index (χ3n) is 2.74. The highest BCUT2D eigenvalue weighted by molar-refractivity contribution is 6.04. The molecule has 5 nitrogen and oxygen atoms in total. The molecule has 0 radical (unpaired) electrons. The fraction of sp³-hybridized carbons (Fsp3) is 0.333. The van der Waals surface area contributed by atoms with E-state index in [4.69, 9.17) is 5.73 Å². The molecule has 0 bridgehead atoms. The number of nitrogens with zero attached hydrogens (tertiary/aromatic N) is 1. The Kier molecular flexibility index (Phi) is 5.12. The summed E-state index contributed by atoms with van der Waals surface area (Å²) in [5, 5.41) is 2.68. The van der Waals surface area contributed by atoms with Crippen LogP contribution < -0.4 is 11.1 Å². The summed E-state index contributed by atoms with van der Waals surface area (Å²) in [6.07, 6.45) is 0.626. The van der Waals surface area contributed by atoms with Crippen molar-refractivity contribution in [1.82, 2.24) is 10.2 Å². The molecule has 3 amide bonds. The van der Waals surface area contributed by atoms with E-state index >= 15 is 0 Å². The number of carbonyl (C=O) groups is 2. The number of amides is 3. The molecule has 0 spiro atoms. The van der Waals surface area contributed by atoms with Crippen molar-refractivity contribution in [3.05, 3.63) is 35.9 Å². The smallest absolute Gasteiger partial charge is 0.325 e. The molecule has 1 saturated heterocycles. The number of hydrogen-bond donors (Lipinski definition) is 2. The Labute approximate surface area is 112 Å². The molecule has 6 heteroatoms. The number of nitrogens with one attached hydrogen (secondary N) is 1. The van der Waals surface area contributed by atoms with Crippen molar-refractivity contribution in [2.45, 2.75) is 12.5 Å². The standard InChI is InChI=1S/C12H15N3O2.ClH/c13-7-4-8-15-11(16)10(14-12(15)17)9-5-2-1-3-6-9;/h1-3,5-6,10H,4,7-8,13H2,(H,14,17);1H. The Morgan fingerprint density at radius 3 is 2.50 bits per heavy atom. The van der Waals surface area contributed by atoms with Gasteiger partial charge in [0.25, 0.3) is 5.91 Å².